The molecule has 1 aromatic carbocycles. The molecule has 0 unspecified atom stereocenters. The second kappa shape index (κ2) is 8.17. The van der Waals surface area contributed by atoms with Crippen LogP contribution in [0.3, 0.4) is 0 Å². The molecule has 0 aliphatic carbocycles. The number of likely N-dealkylation sites (tertiary alicyclic amines) is 1. The van der Waals surface area contributed by atoms with Gasteiger partial charge in [0.05, 0.1) is 12.2 Å². The molecule has 0 saturated carbocycles. The van der Waals surface area contributed by atoms with Crippen molar-refractivity contribution in [3.8, 4) is 0 Å². The molecule has 1 aliphatic rings. The van der Waals surface area contributed by atoms with Gasteiger partial charge in [-0.25, -0.2) is 0 Å². The molecule has 6 heteroatoms. The minimum absolute atomic E-state index is 0.0234. The minimum atomic E-state index is -0.0509. The summed E-state index contributed by atoms with van der Waals surface area (Å²) in [6, 6.07) is 10.1. The molecule has 1 N–H and O–H groups in total. The number of aryl methyl sites for hydroxylation is 1. The number of amides is 2. The fraction of sp³-hybridized carbons (Fsp3) is 0.450. The van der Waals surface area contributed by atoms with Gasteiger partial charge >= 0.3 is 0 Å². The molecule has 1 fully saturated rings. The predicted molar refractivity (Wildman–Crippen MR) is 99.4 cm³/mol. The van der Waals surface area contributed by atoms with E-state index >= 15 is 0 Å². The highest BCUT2D eigenvalue weighted by Crippen LogP contribution is 2.22. The zero-order chi connectivity index (χ0) is 18.5. The number of nitrogens with zero attached hydrogens (tertiary/aromatic N) is 3. The van der Waals surface area contributed by atoms with Crippen molar-refractivity contribution in [2.24, 2.45) is 0 Å². The van der Waals surface area contributed by atoms with E-state index in [-0.39, 0.29) is 30.4 Å². The Morgan fingerprint density at radius 1 is 1.27 bits per heavy atom. The molecule has 138 valence electrons. The van der Waals surface area contributed by atoms with Crippen LogP contribution < -0.4 is 5.32 Å². The van der Waals surface area contributed by atoms with E-state index in [1.54, 1.807) is 10.9 Å². The van der Waals surface area contributed by atoms with Gasteiger partial charge in [0.1, 0.15) is 6.54 Å². The van der Waals surface area contributed by atoms with Crippen molar-refractivity contribution in [1.82, 2.24) is 20.0 Å². The van der Waals surface area contributed by atoms with Gasteiger partial charge in [-0.2, -0.15) is 5.10 Å². The number of rotatable bonds is 5. The first kappa shape index (κ1) is 18.2. The van der Waals surface area contributed by atoms with Crippen molar-refractivity contribution >= 4 is 11.8 Å². The van der Waals surface area contributed by atoms with Crippen LogP contribution in [-0.4, -0.2) is 45.1 Å². The quantitative estimate of drug-likeness (QED) is 0.892. The number of hydrogen-bond acceptors (Lipinski definition) is 3. The highest BCUT2D eigenvalue weighted by Gasteiger charge is 2.34. The molecule has 26 heavy (non-hydrogen) atoms. The van der Waals surface area contributed by atoms with Crippen LogP contribution in [-0.2, 0) is 22.6 Å². The molecule has 1 saturated heterocycles. The molecule has 0 bridgehead atoms. The molecular formula is C20H26N4O2. The summed E-state index contributed by atoms with van der Waals surface area (Å²) in [5.41, 5.74) is 2.20. The molecule has 6 nitrogen and oxygen atoms in total. The summed E-state index contributed by atoms with van der Waals surface area (Å²) in [4.78, 5) is 26.5. The van der Waals surface area contributed by atoms with Crippen LogP contribution in [0.2, 0.25) is 0 Å². The average Bonchev–Trinajstić information content (AvgIpc) is 3.01. The number of nitrogens with one attached hydrogen (secondary N) is 1. The van der Waals surface area contributed by atoms with E-state index in [9.17, 15) is 9.59 Å². The van der Waals surface area contributed by atoms with E-state index in [4.69, 9.17) is 0 Å². The third kappa shape index (κ3) is 4.50. The van der Waals surface area contributed by atoms with E-state index in [0.717, 1.165) is 24.8 Å². The van der Waals surface area contributed by atoms with Gasteiger partial charge in [-0.15, -0.1) is 0 Å². The van der Waals surface area contributed by atoms with Crippen molar-refractivity contribution in [2.45, 2.75) is 51.7 Å². The summed E-state index contributed by atoms with van der Waals surface area (Å²) < 4.78 is 1.68. The Bertz CT molecular complexity index is 756. The summed E-state index contributed by atoms with van der Waals surface area (Å²) in [7, 11) is 0. The Balaban J connectivity index is 1.79. The SMILES string of the molecule is CC(=O)N[C@H]1CCCN(C(=O)Cn2cc(C)cn2)[C@H]1Cc1ccccc1. The van der Waals surface area contributed by atoms with Crippen molar-refractivity contribution in [3.05, 3.63) is 53.9 Å². The Labute approximate surface area is 154 Å². The number of piperidine rings is 1. The van der Waals surface area contributed by atoms with Crippen LogP contribution in [0, 0.1) is 6.92 Å². The number of hydrogen-bond donors (Lipinski definition) is 1. The normalized spacial score (nSPS) is 20.0. The molecule has 2 heterocycles. The molecule has 2 atom stereocenters. The zero-order valence-corrected chi connectivity index (χ0v) is 15.4. The summed E-state index contributed by atoms with van der Waals surface area (Å²) >= 11 is 0. The molecule has 3 rings (SSSR count). The maximum absolute atomic E-state index is 13.0. The van der Waals surface area contributed by atoms with Crippen molar-refractivity contribution < 1.29 is 9.59 Å². The first-order valence-corrected chi connectivity index (χ1v) is 9.12. The topological polar surface area (TPSA) is 67.2 Å². The number of aromatic nitrogens is 2. The highest BCUT2D eigenvalue weighted by atomic mass is 16.2. The Morgan fingerprint density at radius 3 is 2.69 bits per heavy atom. The molecule has 0 spiro atoms. The van der Waals surface area contributed by atoms with E-state index in [0.29, 0.717) is 6.54 Å². The molecule has 1 aliphatic heterocycles. The van der Waals surface area contributed by atoms with Crippen LogP contribution in [0.4, 0.5) is 0 Å². The van der Waals surface area contributed by atoms with E-state index in [1.165, 1.54) is 12.5 Å². The summed E-state index contributed by atoms with van der Waals surface area (Å²) in [6.45, 7) is 4.44. The lowest BCUT2D eigenvalue weighted by molar-refractivity contribution is -0.137. The maximum Gasteiger partial charge on any atom is 0.244 e. The predicted octanol–water partition coefficient (Wildman–Crippen LogP) is 1.93. The van der Waals surface area contributed by atoms with Crippen molar-refractivity contribution in [1.29, 1.82) is 0 Å². The molecule has 2 aromatic rings. The first-order chi connectivity index (χ1) is 12.5. The first-order valence-electron chi connectivity index (χ1n) is 9.12. The smallest absolute Gasteiger partial charge is 0.244 e. The van der Waals surface area contributed by atoms with Crippen LogP contribution in [0.15, 0.2) is 42.7 Å². The van der Waals surface area contributed by atoms with Gasteiger partial charge in [-0.3, -0.25) is 14.3 Å². The van der Waals surface area contributed by atoms with Gasteiger partial charge in [0.2, 0.25) is 11.8 Å². The molecule has 2 amide bonds. The van der Waals surface area contributed by atoms with Crippen LogP contribution >= 0.6 is 0 Å². The molecular weight excluding hydrogens is 328 g/mol. The van der Waals surface area contributed by atoms with Gasteiger partial charge in [-0.05, 0) is 37.3 Å². The van der Waals surface area contributed by atoms with Crippen LogP contribution in [0.5, 0.6) is 0 Å². The minimum Gasteiger partial charge on any atom is -0.352 e. The molecule has 0 radical (unpaired) electrons. The third-order valence-electron chi connectivity index (χ3n) is 4.84. The van der Waals surface area contributed by atoms with Gasteiger partial charge in [0, 0.05) is 25.7 Å². The Kier molecular flexibility index (Phi) is 5.71. The lowest BCUT2D eigenvalue weighted by atomic mass is 9.90. The monoisotopic (exact) mass is 354 g/mol. The van der Waals surface area contributed by atoms with E-state index < -0.39 is 0 Å². The van der Waals surface area contributed by atoms with Gasteiger partial charge < -0.3 is 10.2 Å². The zero-order valence-electron chi connectivity index (χ0n) is 15.4. The summed E-state index contributed by atoms with van der Waals surface area (Å²) in [6.07, 6.45) is 6.14. The maximum atomic E-state index is 13.0. The van der Waals surface area contributed by atoms with Crippen molar-refractivity contribution in [3.63, 3.8) is 0 Å². The average molecular weight is 354 g/mol. The van der Waals surface area contributed by atoms with Crippen LogP contribution in [0.1, 0.15) is 30.9 Å². The fourth-order valence-corrected chi connectivity index (χ4v) is 3.69. The summed E-state index contributed by atoms with van der Waals surface area (Å²) in [5.74, 6) is -0.00542. The van der Waals surface area contributed by atoms with E-state index in [2.05, 4.69) is 22.5 Å². The standard InChI is InChI=1S/C20H26N4O2/c1-15-12-21-23(13-15)14-20(26)24-10-6-9-18(22-16(2)25)19(24)11-17-7-4-3-5-8-17/h3-5,7-8,12-13,18-19H,6,9-11,14H2,1-2H3,(H,22,25)/t18-,19-/m0/s1. The van der Waals surface area contributed by atoms with Gasteiger partial charge in [-0.1, -0.05) is 30.3 Å². The largest absolute Gasteiger partial charge is 0.352 e. The van der Waals surface area contributed by atoms with Gasteiger partial charge in [0.25, 0.3) is 0 Å². The fourth-order valence-electron chi connectivity index (χ4n) is 3.69. The number of carbonyl (C=O) groups excluding carboxylic acids is 2. The van der Waals surface area contributed by atoms with Crippen LogP contribution in [0.25, 0.3) is 0 Å². The highest BCUT2D eigenvalue weighted by molar-refractivity contribution is 5.77. The van der Waals surface area contributed by atoms with Gasteiger partial charge in [0.15, 0.2) is 0 Å². The van der Waals surface area contributed by atoms with Crippen molar-refractivity contribution in [2.75, 3.05) is 6.54 Å². The van der Waals surface area contributed by atoms with E-state index in [1.807, 2.05) is 36.2 Å². The Morgan fingerprint density at radius 2 is 2.04 bits per heavy atom. The molecule has 1 aromatic heterocycles. The lowest BCUT2D eigenvalue weighted by Crippen LogP contribution is -2.58. The summed E-state index contributed by atoms with van der Waals surface area (Å²) in [5, 5.41) is 7.28. The lowest BCUT2D eigenvalue weighted by Gasteiger charge is -2.41. The number of benzene rings is 1. The second-order valence-electron chi connectivity index (χ2n) is 7.01. The third-order valence-corrected chi connectivity index (χ3v) is 4.84. The second-order valence-corrected chi connectivity index (χ2v) is 7.01. The number of carbonyl (C=O) groups is 2. The Hall–Kier alpha value is -2.63.